The first-order chi connectivity index (χ1) is 9.95. The van der Waals surface area contributed by atoms with Gasteiger partial charge in [0, 0.05) is 11.1 Å². The topological polar surface area (TPSA) is 38.9 Å². The predicted octanol–water partition coefficient (Wildman–Crippen LogP) is 4.36. The van der Waals surface area contributed by atoms with Crippen LogP contribution < -0.4 is 5.73 Å². The van der Waals surface area contributed by atoms with Crippen LogP contribution in [0, 0.1) is 0 Å². The van der Waals surface area contributed by atoms with Crippen LogP contribution in [0.1, 0.15) is 21.5 Å². The third-order valence-corrected chi connectivity index (χ3v) is 4.33. The Labute approximate surface area is 123 Å². The quantitative estimate of drug-likeness (QED) is 0.764. The summed E-state index contributed by atoms with van der Waals surface area (Å²) < 4.78 is 37.7. The Kier molecular flexibility index (Phi) is 3.43. The molecule has 1 atom stereocenters. The molecule has 0 fully saturated rings. The number of benzene rings is 2. The van der Waals surface area contributed by atoms with Gasteiger partial charge >= 0.3 is 6.18 Å². The largest absolute Gasteiger partial charge is 0.443 e. The fraction of sp³-hybridized carbons (Fsp3) is 0.133. The SMILES string of the molecule is NC(c1ccc2ccccc2c1)c1cnc(C(F)(F)F)s1. The van der Waals surface area contributed by atoms with Crippen LogP contribution in [0.4, 0.5) is 13.2 Å². The molecule has 0 bridgehead atoms. The third-order valence-electron chi connectivity index (χ3n) is 3.21. The van der Waals surface area contributed by atoms with Crippen molar-refractivity contribution in [1.29, 1.82) is 0 Å². The number of nitrogens with two attached hydrogens (primary N) is 1. The van der Waals surface area contributed by atoms with E-state index in [2.05, 4.69) is 4.98 Å². The van der Waals surface area contributed by atoms with Crippen molar-refractivity contribution in [2.24, 2.45) is 5.73 Å². The monoisotopic (exact) mass is 308 g/mol. The normalized spacial score (nSPS) is 13.5. The van der Waals surface area contributed by atoms with Crippen molar-refractivity contribution in [2.45, 2.75) is 12.2 Å². The molecule has 2 aromatic carbocycles. The average molecular weight is 308 g/mol. The molecule has 2 N–H and O–H groups in total. The molecule has 108 valence electrons. The van der Waals surface area contributed by atoms with E-state index in [9.17, 15) is 13.2 Å². The highest BCUT2D eigenvalue weighted by molar-refractivity contribution is 7.11. The number of hydrogen-bond acceptors (Lipinski definition) is 3. The highest BCUT2D eigenvalue weighted by Crippen LogP contribution is 2.35. The molecule has 6 heteroatoms. The van der Waals surface area contributed by atoms with E-state index < -0.39 is 17.2 Å². The summed E-state index contributed by atoms with van der Waals surface area (Å²) in [6.07, 6.45) is -3.22. The van der Waals surface area contributed by atoms with Crippen LogP contribution in [0.2, 0.25) is 0 Å². The molecule has 2 nitrogen and oxygen atoms in total. The van der Waals surface area contributed by atoms with Crippen LogP contribution in [0.25, 0.3) is 10.8 Å². The van der Waals surface area contributed by atoms with Gasteiger partial charge in [-0.3, -0.25) is 0 Å². The summed E-state index contributed by atoms with van der Waals surface area (Å²) in [5, 5.41) is 1.20. The molecule has 0 radical (unpaired) electrons. The first-order valence-corrected chi connectivity index (χ1v) is 7.04. The molecule has 1 heterocycles. The number of fused-ring (bicyclic) bond motifs is 1. The minimum absolute atomic E-state index is 0.401. The van der Waals surface area contributed by atoms with Crippen molar-refractivity contribution in [3.8, 4) is 0 Å². The molecule has 0 aliphatic heterocycles. The highest BCUT2D eigenvalue weighted by Gasteiger charge is 2.35. The third kappa shape index (κ3) is 2.77. The molecule has 3 rings (SSSR count). The molecule has 3 aromatic rings. The standard InChI is InChI=1S/C15H11F3N2S/c16-15(17,18)14-20-8-12(21-14)13(19)11-6-5-9-3-1-2-4-10(9)7-11/h1-8,13H,19H2. The van der Waals surface area contributed by atoms with Crippen LogP contribution in [0.15, 0.2) is 48.7 Å². The molecule has 1 unspecified atom stereocenters. The molecule has 1 aromatic heterocycles. The van der Waals surface area contributed by atoms with Gasteiger partial charge in [-0.2, -0.15) is 13.2 Å². The van der Waals surface area contributed by atoms with E-state index in [1.165, 1.54) is 6.20 Å². The number of hydrogen-bond donors (Lipinski definition) is 1. The number of thiazole rings is 1. The summed E-state index contributed by atoms with van der Waals surface area (Å²) in [6, 6.07) is 12.8. The molecule has 0 saturated heterocycles. The van der Waals surface area contributed by atoms with Gasteiger partial charge in [0.05, 0.1) is 6.04 Å². The van der Waals surface area contributed by atoms with Crippen molar-refractivity contribution < 1.29 is 13.2 Å². The fourth-order valence-electron chi connectivity index (χ4n) is 2.13. The maximum atomic E-state index is 12.6. The molecule has 0 amide bonds. The van der Waals surface area contributed by atoms with E-state index in [0.717, 1.165) is 16.3 Å². The molecular weight excluding hydrogens is 297 g/mol. The van der Waals surface area contributed by atoms with Crippen molar-refractivity contribution in [3.63, 3.8) is 0 Å². The zero-order valence-corrected chi connectivity index (χ0v) is 11.6. The van der Waals surface area contributed by atoms with Crippen LogP contribution in [-0.2, 0) is 6.18 Å². The van der Waals surface area contributed by atoms with E-state index in [0.29, 0.717) is 16.2 Å². The van der Waals surface area contributed by atoms with Crippen molar-refractivity contribution in [3.05, 3.63) is 64.1 Å². The Morgan fingerprint density at radius 1 is 1.05 bits per heavy atom. The Hall–Kier alpha value is -1.92. The summed E-state index contributed by atoms with van der Waals surface area (Å²) >= 11 is 0.587. The number of halogens is 3. The van der Waals surface area contributed by atoms with Crippen LogP contribution >= 0.6 is 11.3 Å². The van der Waals surface area contributed by atoms with Gasteiger partial charge in [0.25, 0.3) is 0 Å². The summed E-state index contributed by atoms with van der Waals surface area (Å²) in [6.45, 7) is 0. The zero-order valence-electron chi connectivity index (χ0n) is 10.8. The van der Waals surface area contributed by atoms with Crippen LogP contribution in [0.3, 0.4) is 0 Å². The van der Waals surface area contributed by atoms with Crippen LogP contribution in [0.5, 0.6) is 0 Å². The van der Waals surface area contributed by atoms with Gasteiger partial charge in [-0.15, -0.1) is 11.3 Å². The second-order valence-corrected chi connectivity index (χ2v) is 5.71. The molecule has 21 heavy (non-hydrogen) atoms. The van der Waals surface area contributed by atoms with E-state index in [1.807, 2.05) is 42.5 Å². The fourth-order valence-corrected chi connectivity index (χ4v) is 2.94. The summed E-state index contributed by atoms with van der Waals surface area (Å²) in [4.78, 5) is 3.81. The Morgan fingerprint density at radius 2 is 1.76 bits per heavy atom. The Morgan fingerprint density at radius 3 is 2.43 bits per heavy atom. The number of nitrogens with zero attached hydrogens (tertiary/aromatic N) is 1. The van der Waals surface area contributed by atoms with Gasteiger partial charge in [0.15, 0.2) is 5.01 Å². The lowest BCUT2D eigenvalue weighted by Crippen LogP contribution is -2.10. The van der Waals surface area contributed by atoms with E-state index in [1.54, 1.807) is 0 Å². The van der Waals surface area contributed by atoms with Crippen molar-refractivity contribution in [1.82, 2.24) is 4.98 Å². The second-order valence-electron chi connectivity index (χ2n) is 4.65. The maximum absolute atomic E-state index is 12.6. The highest BCUT2D eigenvalue weighted by atomic mass is 32.1. The average Bonchev–Trinajstić information content (AvgIpc) is 2.96. The summed E-state index contributed by atoms with van der Waals surface area (Å²) in [5.74, 6) is 0. The number of alkyl halides is 3. The van der Waals surface area contributed by atoms with Crippen molar-refractivity contribution >= 4 is 22.1 Å². The van der Waals surface area contributed by atoms with Gasteiger partial charge in [-0.05, 0) is 22.4 Å². The van der Waals surface area contributed by atoms with Gasteiger partial charge in [-0.25, -0.2) is 4.98 Å². The first kappa shape index (κ1) is 14.0. The van der Waals surface area contributed by atoms with Gasteiger partial charge in [-0.1, -0.05) is 36.4 Å². The van der Waals surface area contributed by atoms with Gasteiger partial charge < -0.3 is 5.73 Å². The smallest absolute Gasteiger partial charge is 0.320 e. The predicted molar refractivity (Wildman–Crippen MR) is 77.1 cm³/mol. The molecule has 0 aliphatic rings. The molecule has 0 spiro atoms. The Bertz CT molecular complexity index is 780. The second kappa shape index (κ2) is 5.13. The lowest BCUT2D eigenvalue weighted by molar-refractivity contribution is -0.137. The van der Waals surface area contributed by atoms with E-state index >= 15 is 0 Å². The number of aromatic nitrogens is 1. The zero-order chi connectivity index (χ0) is 15.0. The number of rotatable bonds is 2. The maximum Gasteiger partial charge on any atom is 0.443 e. The molecule has 0 saturated carbocycles. The summed E-state index contributed by atoms with van der Waals surface area (Å²) in [7, 11) is 0. The van der Waals surface area contributed by atoms with Crippen molar-refractivity contribution in [2.75, 3.05) is 0 Å². The molecule has 0 aliphatic carbocycles. The lowest BCUT2D eigenvalue weighted by Gasteiger charge is -2.10. The lowest BCUT2D eigenvalue weighted by atomic mass is 10.0. The minimum atomic E-state index is -4.42. The molecular formula is C15H11F3N2S. The van der Waals surface area contributed by atoms with E-state index in [4.69, 9.17) is 5.73 Å². The van der Waals surface area contributed by atoms with E-state index in [-0.39, 0.29) is 0 Å². The minimum Gasteiger partial charge on any atom is -0.320 e. The van der Waals surface area contributed by atoms with Crippen LogP contribution in [-0.4, -0.2) is 4.98 Å². The Balaban J connectivity index is 1.96. The van der Waals surface area contributed by atoms with Gasteiger partial charge in [0.1, 0.15) is 0 Å². The first-order valence-electron chi connectivity index (χ1n) is 6.22. The summed E-state index contributed by atoms with van der Waals surface area (Å²) in [5.41, 5.74) is 6.84. The van der Waals surface area contributed by atoms with Gasteiger partial charge in [0.2, 0.25) is 0 Å².